The molecular weight excluding hydrogens is 569 g/mol. The third kappa shape index (κ3) is 4.49. The van der Waals surface area contributed by atoms with E-state index in [2.05, 4.69) is 192 Å². The van der Waals surface area contributed by atoms with Crippen LogP contribution in [0.5, 0.6) is 0 Å². The molecule has 0 N–H and O–H groups in total. The van der Waals surface area contributed by atoms with Crippen LogP contribution in [0.2, 0.25) is 0 Å². The first-order chi connectivity index (χ1) is 23.2. The lowest BCUT2D eigenvalue weighted by molar-refractivity contribution is 1.19. The van der Waals surface area contributed by atoms with Crippen molar-refractivity contribution in [2.75, 3.05) is 11.9 Å². The van der Waals surface area contributed by atoms with E-state index in [9.17, 15) is 0 Å². The highest BCUT2D eigenvalue weighted by molar-refractivity contribution is 6.32. The van der Waals surface area contributed by atoms with Gasteiger partial charge in [0.05, 0.1) is 11.0 Å². The quantitative estimate of drug-likeness (QED) is 0.178. The summed E-state index contributed by atoms with van der Waals surface area (Å²) in [6, 6.07) is 63.7. The minimum atomic E-state index is 1.16. The van der Waals surface area contributed by atoms with Gasteiger partial charge in [0.2, 0.25) is 0 Å². The summed E-state index contributed by atoms with van der Waals surface area (Å²) in [6.45, 7) is 0. The third-order valence-corrected chi connectivity index (χ3v) is 9.60. The van der Waals surface area contributed by atoms with E-state index in [1.807, 2.05) is 0 Å². The number of rotatable bonds is 5. The number of aromatic nitrogens is 1. The van der Waals surface area contributed by atoms with Gasteiger partial charge in [0, 0.05) is 40.3 Å². The molecule has 0 saturated heterocycles. The van der Waals surface area contributed by atoms with Gasteiger partial charge in [-0.1, -0.05) is 127 Å². The first kappa shape index (κ1) is 27.2. The Bertz CT molecular complexity index is 2540. The molecule has 2 heteroatoms. The van der Waals surface area contributed by atoms with Crippen molar-refractivity contribution >= 4 is 54.7 Å². The zero-order chi connectivity index (χ0) is 31.3. The van der Waals surface area contributed by atoms with Crippen LogP contribution < -0.4 is 4.90 Å². The molecule has 0 aliphatic carbocycles. The standard InChI is InChI=1S/C45H32N2/c1-46(35-14-6-3-7-15-35)36-25-20-33(21-26-36)34-24-29-43-42(30-34)44-40-18-10-8-16-38(40)39-17-9-11-19-41(39)45(44)47(43)37-27-22-32(23-28-37)31-12-4-2-5-13-31/h2-30H,1H3. The Kier molecular flexibility index (Phi) is 6.39. The summed E-state index contributed by atoms with van der Waals surface area (Å²) in [7, 11) is 2.12. The monoisotopic (exact) mass is 600 g/mol. The Morgan fingerprint density at radius 1 is 0.383 bits per heavy atom. The van der Waals surface area contributed by atoms with Gasteiger partial charge in [0.1, 0.15) is 0 Å². The van der Waals surface area contributed by atoms with Gasteiger partial charge < -0.3 is 9.47 Å². The fourth-order valence-electron chi connectivity index (χ4n) is 7.24. The Morgan fingerprint density at radius 2 is 0.872 bits per heavy atom. The zero-order valence-corrected chi connectivity index (χ0v) is 26.1. The molecular formula is C45H32N2. The van der Waals surface area contributed by atoms with Gasteiger partial charge in [-0.2, -0.15) is 0 Å². The number of nitrogens with zero attached hydrogens (tertiary/aromatic N) is 2. The highest BCUT2D eigenvalue weighted by atomic mass is 15.1. The molecule has 222 valence electrons. The molecule has 2 nitrogen and oxygen atoms in total. The maximum atomic E-state index is 2.47. The van der Waals surface area contributed by atoms with Crippen LogP contribution in [-0.4, -0.2) is 11.6 Å². The second-order valence-electron chi connectivity index (χ2n) is 12.2. The number of benzene rings is 8. The molecule has 9 rings (SSSR count). The smallest absolute Gasteiger partial charge is 0.0625 e. The lowest BCUT2D eigenvalue weighted by Crippen LogP contribution is -2.08. The van der Waals surface area contributed by atoms with E-state index in [1.165, 1.54) is 71.3 Å². The number of para-hydroxylation sites is 1. The summed E-state index contributed by atoms with van der Waals surface area (Å²) < 4.78 is 2.47. The van der Waals surface area contributed by atoms with Crippen molar-refractivity contribution in [3.8, 4) is 27.9 Å². The van der Waals surface area contributed by atoms with Crippen LogP contribution in [0, 0.1) is 0 Å². The average molecular weight is 601 g/mol. The molecule has 0 aliphatic rings. The van der Waals surface area contributed by atoms with Crippen molar-refractivity contribution in [3.63, 3.8) is 0 Å². The molecule has 9 aromatic rings. The van der Waals surface area contributed by atoms with Crippen molar-refractivity contribution in [1.29, 1.82) is 0 Å². The summed E-state index contributed by atoms with van der Waals surface area (Å²) >= 11 is 0. The third-order valence-electron chi connectivity index (χ3n) is 9.60. The van der Waals surface area contributed by atoms with Crippen LogP contribution in [0.15, 0.2) is 176 Å². The summed E-state index contributed by atoms with van der Waals surface area (Å²) in [5.41, 5.74) is 10.8. The minimum absolute atomic E-state index is 1.16. The molecule has 8 aromatic carbocycles. The molecule has 0 unspecified atom stereocenters. The molecule has 1 aromatic heterocycles. The van der Waals surface area contributed by atoms with Crippen LogP contribution in [0.4, 0.5) is 11.4 Å². The molecule has 0 aliphatic heterocycles. The van der Waals surface area contributed by atoms with Crippen molar-refractivity contribution in [2.24, 2.45) is 0 Å². The fourth-order valence-corrected chi connectivity index (χ4v) is 7.24. The van der Waals surface area contributed by atoms with Crippen LogP contribution in [-0.2, 0) is 0 Å². The van der Waals surface area contributed by atoms with Crippen molar-refractivity contribution < 1.29 is 0 Å². The van der Waals surface area contributed by atoms with Gasteiger partial charge in [-0.3, -0.25) is 0 Å². The Labute approximate surface area is 274 Å². The normalized spacial score (nSPS) is 11.5. The zero-order valence-electron chi connectivity index (χ0n) is 26.1. The molecule has 0 atom stereocenters. The van der Waals surface area contributed by atoms with Gasteiger partial charge in [0.25, 0.3) is 0 Å². The maximum absolute atomic E-state index is 2.47. The van der Waals surface area contributed by atoms with Gasteiger partial charge >= 0.3 is 0 Å². The second-order valence-corrected chi connectivity index (χ2v) is 12.2. The number of hydrogen-bond acceptors (Lipinski definition) is 1. The second kappa shape index (κ2) is 11.0. The maximum Gasteiger partial charge on any atom is 0.0625 e. The van der Waals surface area contributed by atoms with Gasteiger partial charge in [-0.05, 0) is 86.9 Å². The lowest BCUT2D eigenvalue weighted by atomic mass is 9.95. The van der Waals surface area contributed by atoms with Crippen molar-refractivity contribution in [2.45, 2.75) is 0 Å². The van der Waals surface area contributed by atoms with Gasteiger partial charge in [0.15, 0.2) is 0 Å². The van der Waals surface area contributed by atoms with E-state index in [1.54, 1.807) is 0 Å². The Balaban J connectivity index is 1.27. The van der Waals surface area contributed by atoms with Gasteiger partial charge in [-0.25, -0.2) is 0 Å². The number of anilines is 2. The first-order valence-corrected chi connectivity index (χ1v) is 16.2. The largest absolute Gasteiger partial charge is 0.345 e. The molecule has 0 saturated carbocycles. The van der Waals surface area contributed by atoms with Crippen LogP contribution in [0.3, 0.4) is 0 Å². The summed E-state index contributed by atoms with van der Waals surface area (Å²) in [5, 5.41) is 7.66. The molecule has 47 heavy (non-hydrogen) atoms. The minimum Gasteiger partial charge on any atom is -0.345 e. The Hall–Kier alpha value is -6.12. The van der Waals surface area contributed by atoms with Gasteiger partial charge in [-0.15, -0.1) is 0 Å². The molecule has 1 heterocycles. The molecule has 0 fully saturated rings. The van der Waals surface area contributed by atoms with Crippen LogP contribution >= 0.6 is 0 Å². The van der Waals surface area contributed by atoms with Crippen LogP contribution in [0.25, 0.3) is 71.3 Å². The first-order valence-electron chi connectivity index (χ1n) is 16.2. The molecule has 0 radical (unpaired) electrons. The highest BCUT2D eigenvalue weighted by Gasteiger charge is 2.19. The molecule has 0 amide bonds. The van der Waals surface area contributed by atoms with Crippen molar-refractivity contribution in [1.82, 2.24) is 4.57 Å². The van der Waals surface area contributed by atoms with E-state index >= 15 is 0 Å². The molecule has 0 bridgehead atoms. The van der Waals surface area contributed by atoms with E-state index < -0.39 is 0 Å². The predicted molar refractivity (Wildman–Crippen MR) is 201 cm³/mol. The summed E-state index contributed by atoms with van der Waals surface area (Å²) in [4.78, 5) is 2.22. The van der Waals surface area contributed by atoms with E-state index in [4.69, 9.17) is 0 Å². The SMILES string of the molecule is CN(c1ccccc1)c1ccc(-c2ccc3c(c2)c2c4ccccc4c4ccccc4c2n3-c2ccc(-c3ccccc3)cc2)cc1. The predicted octanol–water partition coefficient (Wildman–Crippen LogP) is 12.2. The topological polar surface area (TPSA) is 8.17 Å². The van der Waals surface area contributed by atoms with Crippen molar-refractivity contribution in [3.05, 3.63) is 176 Å². The molecule has 0 spiro atoms. The van der Waals surface area contributed by atoms with E-state index in [0.717, 1.165) is 11.4 Å². The Morgan fingerprint density at radius 3 is 1.57 bits per heavy atom. The lowest BCUT2D eigenvalue weighted by Gasteiger charge is -2.19. The highest BCUT2D eigenvalue weighted by Crippen LogP contribution is 2.43. The number of fused-ring (bicyclic) bond motifs is 8. The van der Waals surface area contributed by atoms with Crippen LogP contribution in [0.1, 0.15) is 0 Å². The number of hydrogen-bond donors (Lipinski definition) is 0. The average Bonchev–Trinajstić information content (AvgIpc) is 3.50. The van der Waals surface area contributed by atoms with E-state index in [-0.39, 0.29) is 0 Å². The van der Waals surface area contributed by atoms with E-state index in [0.29, 0.717) is 0 Å². The summed E-state index contributed by atoms with van der Waals surface area (Å²) in [5.74, 6) is 0. The summed E-state index contributed by atoms with van der Waals surface area (Å²) in [6.07, 6.45) is 0. The fraction of sp³-hybridized carbons (Fsp3) is 0.0222.